The summed E-state index contributed by atoms with van der Waals surface area (Å²) in [5.41, 5.74) is 0. The molecule has 0 aliphatic heterocycles. The molecule has 1 unspecified atom stereocenters. The summed E-state index contributed by atoms with van der Waals surface area (Å²) in [5, 5.41) is 11.9. The second-order valence-electron chi connectivity index (χ2n) is 3.05. The van der Waals surface area contributed by atoms with Gasteiger partial charge in [0, 0.05) is 12.6 Å². The fraction of sp³-hybridized carbons (Fsp3) is 1.00. The van der Waals surface area contributed by atoms with Gasteiger partial charge in [0.25, 0.3) is 0 Å². The van der Waals surface area contributed by atoms with Gasteiger partial charge in [-0.1, -0.05) is 6.92 Å². The zero-order valence-electron chi connectivity index (χ0n) is 7.77. The lowest BCUT2D eigenvalue weighted by atomic mass is 10.2. The van der Waals surface area contributed by atoms with Gasteiger partial charge >= 0.3 is 0 Å². The van der Waals surface area contributed by atoms with Crippen molar-refractivity contribution in [1.29, 1.82) is 0 Å². The van der Waals surface area contributed by atoms with Crippen molar-refractivity contribution >= 4 is 0 Å². The summed E-state index contributed by atoms with van der Waals surface area (Å²) in [6.45, 7) is 5.82. The van der Waals surface area contributed by atoms with Gasteiger partial charge < -0.3 is 10.4 Å². The molecule has 0 bridgehead atoms. The van der Waals surface area contributed by atoms with E-state index in [0.29, 0.717) is 12.6 Å². The van der Waals surface area contributed by atoms with Crippen molar-refractivity contribution in [1.82, 2.24) is 5.32 Å². The average molecular weight is 159 g/mol. The molecule has 0 aliphatic carbocycles. The molecule has 0 spiro atoms. The van der Waals surface area contributed by atoms with E-state index < -0.39 is 0 Å². The summed E-state index contributed by atoms with van der Waals surface area (Å²) < 4.78 is 0. The summed E-state index contributed by atoms with van der Waals surface area (Å²) in [5.74, 6) is 0. The Morgan fingerprint density at radius 2 is 2.00 bits per heavy atom. The first-order valence-electron chi connectivity index (χ1n) is 4.65. The fourth-order valence-corrected chi connectivity index (χ4v) is 0.906. The minimum Gasteiger partial charge on any atom is -0.396 e. The van der Waals surface area contributed by atoms with Gasteiger partial charge in [-0.05, 0) is 39.2 Å². The molecular weight excluding hydrogens is 138 g/mol. The highest BCUT2D eigenvalue weighted by Gasteiger charge is 1.94. The van der Waals surface area contributed by atoms with E-state index in [9.17, 15) is 0 Å². The van der Waals surface area contributed by atoms with Crippen molar-refractivity contribution in [2.45, 2.75) is 45.6 Å². The summed E-state index contributed by atoms with van der Waals surface area (Å²) in [4.78, 5) is 0. The molecule has 2 nitrogen and oxygen atoms in total. The molecule has 2 N–H and O–H groups in total. The molecule has 2 heteroatoms. The van der Waals surface area contributed by atoms with Crippen molar-refractivity contribution in [3.05, 3.63) is 0 Å². The van der Waals surface area contributed by atoms with Gasteiger partial charge in [-0.15, -0.1) is 0 Å². The Labute approximate surface area is 70.0 Å². The number of hydrogen-bond acceptors (Lipinski definition) is 2. The molecule has 0 amide bonds. The monoisotopic (exact) mass is 159 g/mol. The maximum Gasteiger partial charge on any atom is 0.0431 e. The molecule has 0 rings (SSSR count). The maximum absolute atomic E-state index is 8.50. The molecule has 0 aliphatic rings. The van der Waals surface area contributed by atoms with Crippen LogP contribution in [0.25, 0.3) is 0 Å². The second-order valence-corrected chi connectivity index (χ2v) is 3.05. The number of rotatable bonds is 7. The number of nitrogens with one attached hydrogen (secondary N) is 1. The van der Waals surface area contributed by atoms with E-state index in [1.165, 1.54) is 12.8 Å². The highest BCUT2D eigenvalue weighted by atomic mass is 16.2. The smallest absolute Gasteiger partial charge is 0.0431 e. The molecule has 0 heterocycles. The zero-order valence-corrected chi connectivity index (χ0v) is 7.77. The highest BCUT2D eigenvalue weighted by Crippen LogP contribution is 1.94. The first kappa shape index (κ1) is 10.9. The summed E-state index contributed by atoms with van der Waals surface area (Å²) in [6.07, 6.45) is 4.47. The largest absolute Gasteiger partial charge is 0.396 e. The lowest BCUT2D eigenvalue weighted by molar-refractivity contribution is 0.282. The number of aliphatic hydroxyl groups excluding tert-OH is 1. The van der Waals surface area contributed by atoms with Crippen LogP contribution >= 0.6 is 0 Å². The van der Waals surface area contributed by atoms with Crippen LogP contribution in [0.3, 0.4) is 0 Å². The predicted octanol–water partition coefficient (Wildman–Crippen LogP) is 1.54. The first-order valence-corrected chi connectivity index (χ1v) is 4.65. The summed E-state index contributed by atoms with van der Waals surface area (Å²) in [6, 6.07) is 0.643. The molecule has 0 radical (unpaired) electrons. The molecule has 0 fully saturated rings. The van der Waals surface area contributed by atoms with E-state index in [4.69, 9.17) is 5.11 Å². The Balaban J connectivity index is 2.89. The van der Waals surface area contributed by atoms with E-state index >= 15 is 0 Å². The molecule has 0 saturated carbocycles. The van der Waals surface area contributed by atoms with Crippen molar-refractivity contribution in [3.63, 3.8) is 0 Å². The van der Waals surface area contributed by atoms with Gasteiger partial charge in [0.2, 0.25) is 0 Å². The standard InChI is InChI=1S/C9H21NO/c1-3-9(2)10-7-5-4-6-8-11/h9-11H,3-8H2,1-2H3. The van der Waals surface area contributed by atoms with Crippen molar-refractivity contribution in [3.8, 4) is 0 Å². The van der Waals surface area contributed by atoms with Gasteiger partial charge in [0.1, 0.15) is 0 Å². The van der Waals surface area contributed by atoms with E-state index in [0.717, 1.165) is 19.4 Å². The molecule has 1 atom stereocenters. The molecule has 0 aromatic heterocycles. The van der Waals surface area contributed by atoms with Crippen LogP contribution in [0, 0.1) is 0 Å². The third kappa shape index (κ3) is 7.82. The van der Waals surface area contributed by atoms with E-state index in [-0.39, 0.29) is 0 Å². The molecule has 0 aromatic rings. The molecule has 0 aromatic carbocycles. The quantitative estimate of drug-likeness (QED) is 0.552. The van der Waals surface area contributed by atoms with Crippen molar-refractivity contribution in [2.75, 3.05) is 13.2 Å². The van der Waals surface area contributed by atoms with Crippen LogP contribution in [0.5, 0.6) is 0 Å². The predicted molar refractivity (Wildman–Crippen MR) is 48.7 cm³/mol. The topological polar surface area (TPSA) is 32.3 Å². The van der Waals surface area contributed by atoms with Crippen LogP contribution in [0.15, 0.2) is 0 Å². The van der Waals surface area contributed by atoms with Crippen LogP contribution < -0.4 is 5.32 Å². The normalized spacial score (nSPS) is 13.4. The Morgan fingerprint density at radius 3 is 2.55 bits per heavy atom. The SMILES string of the molecule is CCC(C)NCCCCCO. The first-order chi connectivity index (χ1) is 5.31. The fourth-order valence-electron chi connectivity index (χ4n) is 0.906. The minimum absolute atomic E-state index is 0.337. The van der Waals surface area contributed by atoms with Gasteiger partial charge in [0.05, 0.1) is 0 Å². The van der Waals surface area contributed by atoms with Crippen LogP contribution in [-0.4, -0.2) is 24.3 Å². The van der Waals surface area contributed by atoms with Gasteiger partial charge in [0.15, 0.2) is 0 Å². The Bertz CT molecular complexity index is 76.0. The van der Waals surface area contributed by atoms with E-state index in [1.807, 2.05) is 0 Å². The number of unbranched alkanes of at least 4 members (excludes halogenated alkanes) is 2. The van der Waals surface area contributed by atoms with Gasteiger partial charge in [-0.3, -0.25) is 0 Å². The van der Waals surface area contributed by atoms with Crippen LogP contribution in [0.1, 0.15) is 39.5 Å². The third-order valence-corrected chi connectivity index (χ3v) is 1.94. The average Bonchev–Trinajstić information content (AvgIpc) is 2.04. The third-order valence-electron chi connectivity index (χ3n) is 1.94. The van der Waals surface area contributed by atoms with Gasteiger partial charge in [-0.2, -0.15) is 0 Å². The zero-order chi connectivity index (χ0) is 8.53. The Kier molecular flexibility index (Phi) is 7.96. The van der Waals surface area contributed by atoms with Crippen LogP contribution in [0.4, 0.5) is 0 Å². The molecule has 68 valence electrons. The molecule has 0 saturated heterocycles. The van der Waals surface area contributed by atoms with Crippen molar-refractivity contribution < 1.29 is 5.11 Å². The van der Waals surface area contributed by atoms with Crippen LogP contribution in [0.2, 0.25) is 0 Å². The Morgan fingerprint density at radius 1 is 1.27 bits per heavy atom. The lowest BCUT2D eigenvalue weighted by Gasteiger charge is -2.10. The van der Waals surface area contributed by atoms with E-state index in [2.05, 4.69) is 19.2 Å². The minimum atomic E-state index is 0.337. The van der Waals surface area contributed by atoms with Crippen molar-refractivity contribution in [2.24, 2.45) is 0 Å². The summed E-state index contributed by atoms with van der Waals surface area (Å²) in [7, 11) is 0. The van der Waals surface area contributed by atoms with Crippen LogP contribution in [-0.2, 0) is 0 Å². The number of hydrogen-bond donors (Lipinski definition) is 2. The maximum atomic E-state index is 8.50. The second kappa shape index (κ2) is 8.02. The van der Waals surface area contributed by atoms with E-state index in [1.54, 1.807) is 0 Å². The Hall–Kier alpha value is -0.0800. The lowest BCUT2D eigenvalue weighted by Crippen LogP contribution is -2.25. The summed E-state index contributed by atoms with van der Waals surface area (Å²) >= 11 is 0. The number of aliphatic hydroxyl groups is 1. The molecule has 11 heavy (non-hydrogen) atoms. The van der Waals surface area contributed by atoms with Gasteiger partial charge in [-0.25, -0.2) is 0 Å². The highest BCUT2D eigenvalue weighted by molar-refractivity contribution is 4.56. The molecular formula is C9H21NO.